The van der Waals surface area contributed by atoms with E-state index in [2.05, 4.69) is 0 Å². The Morgan fingerprint density at radius 1 is 1.00 bits per heavy atom. The van der Waals surface area contributed by atoms with Gasteiger partial charge in [0.25, 0.3) is 0 Å². The maximum absolute atomic E-state index is 11.7. The lowest BCUT2D eigenvalue weighted by Crippen LogP contribution is -2.10. The van der Waals surface area contributed by atoms with Crippen molar-refractivity contribution in [2.24, 2.45) is 11.8 Å². The van der Waals surface area contributed by atoms with E-state index in [0.717, 1.165) is 5.56 Å². The molecule has 3 atom stereocenters. The van der Waals surface area contributed by atoms with Crippen LogP contribution in [0.15, 0.2) is 12.1 Å². The molecule has 1 aliphatic heterocycles. The van der Waals surface area contributed by atoms with Crippen molar-refractivity contribution in [2.75, 3.05) is 21.3 Å². The molecule has 2 rings (SSSR count). The average Bonchev–Trinajstić information content (AvgIpc) is 2.73. The minimum atomic E-state index is -0.286. The second kappa shape index (κ2) is 5.61. The lowest BCUT2D eigenvalue weighted by atomic mass is 9.90. The highest BCUT2D eigenvalue weighted by molar-refractivity contribution is 5.75. The van der Waals surface area contributed by atoms with Gasteiger partial charge in [0.05, 0.1) is 27.2 Å². The summed E-state index contributed by atoms with van der Waals surface area (Å²) in [6, 6.07) is 3.65. The fourth-order valence-corrected chi connectivity index (χ4v) is 2.45. The molecule has 0 N–H and O–H groups in total. The average molecular weight is 280 g/mol. The van der Waals surface area contributed by atoms with Crippen LogP contribution >= 0.6 is 0 Å². The Bertz CT molecular complexity index is 486. The highest BCUT2D eigenvalue weighted by Gasteiger charge is 2.40. The minimum absolute atomic E-state index is 0.102. The van der Waals surface area contributed by atoms with Crippen molar-refractivity contribution in [3.05, 3.63) is 17.7 Å². The third-order valence-electron chi connectivity index (χ3n) is 3.90. The maximum atomic E-state index is 11.7. The van der Waals surface area contributed by atoms with Crippen molar-refractivity contribution in [3.63, 3.8) is 0 Å². The van der Waals surface area contributed by atoms with E-state index in [1.165, 1.54) is 0 Å². The SMILES string of the molecule is COc1cc([C@@H]2OC(=O)[C@@H](C)[C@H]2C)cc(OC)c1OC. The summed E-state index contributed by atoms with van der Waals surface area (Å²) >= 11 is 0. The predicted octanol–water partition coefficient (Wildman–Crippen LogP) is 2.58. The Hall–Kier alpha value is -1.91. The number of carbonyl (C=O) groups is 1. The molecule has 0 spiro atoms. The van der Waals surface area contributed by atoms with Crippen LogP contribution in [0.2, 0.25) is 0 Å². The number of hydrogen-bond donors (Lipinski definition) is 0. The van der Waals surface area contributed by atoms with Gasteiger partial charge in [-0.05, 0) is 12.1 Å². The second-order valence-corrected chi connectivity index (χ2v) is 4.96. The molecule has 0 amide bonds. The van der Waals surface area contributed by atoms with E-state index in [0.29, 0.717) is 17.2 Å². The molecule has 0 radical (unpaired) electrons. The first-order chi connectivity index (χ1) is 9.53. The Balaban J connectivity index is 2.45. The van der Waals surface area contributed by atoms with Gasteiger partial charge in [0.15, 0.2) is 11.5 Å². The first-order valence-corrected chi connectivity index (χ1v) is 6.53. The molecule has 0 aromatic heterocycles. The normalized spacial score (nSPS) is 25.2. The summed E-state index contributed by atoms with van der Waals surface area (Å²) in [4.78, 5) is 11.7. The number of rotatable bonds is 4. The summed E-state index contributed by atoms with van der Waals surface area (Å²) in [6.07, 6.45) is -0.286. The molecule has 1 aromatic rings. The van der Waals surface area contributed by atoms with Gasteiger partial charge < -0.3 is 18.9 Å². The molecular formula is C15H20O5. The molecule has 0 saturated carbocycles. The fraction of sp³-hybridized carbons (Fsp3) is 0.533. The van der Waals surface area contributed by atoms with Gasteiger partial charge in [-0.1, -0.05) is 13.8 Å². The molecule has 0 aliphatic carbocycles. The molecule has 1 aliphatic rings. The van der Waals surface area contributed by atoms with Crippen molar-refractivity contribution < 1.29 is 23.7 Å². The number of methoxy groups -OCH3 is 3. The van der Waals surface area contributed by atoms with E-state index in [1.54, 1.807) is 21.3 Å². The summed E-state index contributed by atoms with van der Waals surface area (Å²) in [6.45, 7) is 3.88. The van der Waals surface area contributed by atoms with Crippen LogP contribution in [0.4, 0.5) is 0 Å². The largest absolute Gasteiger partial charge is 0.493 e. The smallest absolute Gasteiger partial charge is 0.309 e. The Morgan fingerprint density at radius 3 is 1.90 bits per heavy atom. The molecule has 110 valence electrons. The van der Waals surface area contributed by atoms with E-state index < -0.39 is 0 Å². The van der Waals surface area contributed by atoms with Crippen LogP contribution in [-0.4, -0.2) is 27.3 Å². The molecule has 1 fully saturated rings. The minimum Gasteiger partial charge on any atom is -0.493 e. The van der Waals surface area contributed by atoms with Crippen LogP contribution in [0.25, 0.3) is 0 Å². The van der Waals surface area contributed by atoms with Gasteiger partial charge in [-0.3, -0.25) is 4.79 Å². The zero-order valence-electron chi connectivity index (χ0n) is 12.4. The topological polar surface area (TPSA) is 54.0 Å². The van der Waals surface area contributed by atoms with Gasteiger partial charge in [-0.2, -0.15) is 0 Å². The Kier molecular flexibility index (Phi) is 4.06. The van der Waals surface area contributed by atoms with Crippen LogP contribution < -0.4 is 14.2 Å². The van der Waals surface area contributed by atoms with Gasteiger partial charge in [-0.25, -0.2) is 0 Å². The van der Waals surface area contributed by atoms with Gasteiger partial charge >= 0.3 is 5.97 Å². The van der Waals surface area contributed by atoms with E-state index in [1.807, 2.05) is 26.0 Å². The molecule has 5 nitrogen and oxygen atoms in total. The summed E-state index contributed by atoms with van der Waals surface area (Å²) in [5.41, 5.74) is 0.852. The molecule has 0 unspecified atom stereocenters. The first-order valence-electron chi connectivity index (χ1n) is 6.53. The van der Waals surface area contributed by atoms with E-state index in [4.69, 9.17) is 18.9 Å². The number of hydrogen-bond acceptors (Lipinski definition) is 5. The summed E-state index contributed by atoms with van der Waals surface area (Å²) in [7, 11) is 4.68. The van der Waals surface area contributed by atoms with Gasteiger partial charge in [0.2, 0.25) is 5.75 Å². The molecule has 5 heteroatoms. The van der Waals surface area contributed by atoms with Crippen molar-refractivity contribution >= 4 is 5.97 Å². The molecule has 1 saturated heterocycles. The Morgan fingerprint density at radius 2 is 1.55 bits per heavy atom. The van der Waals surface area contributed by atoms with E-state index >= 15 is 0 Å². The van der Waals surface area contributed by atoms with Crippen LogP contribution in [0.3, 0.4) is 0 Å². The van der Waals surface area contributed by atoms with Crippen LogP contribution in [0, 0.1) is 11.8 Å². The van der Waals surface area contributed by atoms with E-state index in [9.17, 15) is 4.79 Å². The summed E-state index contributed by atoms with van der Waals surface area (Å²) in [5.74, 6) is 1.47. The number of esters is 1. The number of ether oxygens (including phenoxy) is 4. The summed E-state index contributed by atoms with van der Waals surface area (Å²) in [5, 5.41) is 0. The van der Waals surface area contributed by atoms with Gasteiger partial charge in [0.1, 0.15) is 6.10 Å². The van der Waals surface area contributed by atoms with E-state index in [-0.39, 0.29) is 23.9 Å². The third-order valence-corrected chi connectivity index (χ3v) is 3.90. The molecule has 1 heterocycles. The van der Waals surface area contributed by atoms with Crippen LogP contribution in [0.5, 0.6) is 17.2 Å². The standard InChI is InChI=1S/C15H20O5/c1-8-9(2)15(16)20-13(8)10-6-11(17-3)14(19-5)12(7-10)18-4/h6-9,13H,1-5H3/t8-,9+,13-/m1/s1. The second-order valence-electron chi connectivity index (χ2n) is 4.96. The maximum Gasteiger partial charge on any atom is 0.309 e. The highest BCUT2D eigenvalue weighted by Crippen LogP contribution is 2.45. The fourth-order valence-electron chi connectivity index (χ4n) is 2.45. The predicted molar refractivity (Wildman–Crippen MR) is 73.3 cm³/mol. The van der Waals surface area contributed by atoms with Crippen LogP contribution in [0.1, 0.15) is 25.5 Å². The Labute approximate surface area is 118 Å². The third kappa shape index (κ3) is 2.28. The van der Waals surface area contributed by atoms with Gasteiger partial charge in [-0.15, -0.1) is 0 Å². The first kappa shape index (κ1) is 14.5. The van der Waals surface area contributed by atoms with Gasteiger partial charge in [0, 0.05) is 11.5 Å². The molecule has 20 heavy (non-hydrogen) atoms. The highest BCUT2D eigenvalue weighted by atomic mass is 16.6. The lowest BCUT2D eigenvalue weighted by Gasteiger charge is -2.19. The van der Waals surface area contributed by atoms with Crippen LogP contribution in [-0.2, 0) is 9.53 Å². The van der Waals surface area contributed by atoms with Crippen molar-refractivity contribution in [3.8, 4) is 17.2 Å². The molecule has 1 aromatic carbocycles. The van der Waals surface area contributed by atoms with Crippen molar-refractivity contribution in [1.82, 2.24) is 0 Å². The summed E-state index contributed by atoms with van der Waals surface area (Å²) < 4.78 is 21.4. The number of benzene rings is 1. The number of cyclic esters (lactones) is 1. The van der Waals surface area contributed by atoms with Crippen molar-refractivity contribution in [1.29, 1.82) is 0 Å². The zero-order chi connectivity index (χ0) is 14.9. The van der Waals surface area contributed by atoms with Crippen molar-refractivity contribution in [2.45, 2.75) is 20.0 Å². The molecular weight excluding hydrogens is 260 g/mol. The monoisotopic (exact) mass is 280 g/mol. The quantitative estimate of drug-likeness (QED) is 0.793. The zero-order valence-corrected chi connectivity index (χ0v) is 12.4. The lowest BCUT2D eigenvalue weighted by molar-refractivity contribution is -0.144. The molecule has 0 bridgehead atoms. The number of carbonyl (C=O) groups excluding carboxylic acids is 1.